The van der Waals surface area contributed by atoms with Gasteiger partial charge < -0.3 is 5.32 Å². The summed E-state index contributed by atoms with van der Waals surface area (Å²) in [6.45, 7) is 5.40. The lowest BCUT2D eigenvalue weighted by Gasteiger charge is -2.29. The van der Waals surface area contributed by atoms with E-state index < -0.39 is 0 Å². The number of aliphatic imine (C=N–C) groups is 1. The van der Waals surface area contributed by atoms with E-state index in [2.05, 4.69) is 55.4 Å². The first kappa shape index (κ1) is 16.4. The van der Waals surface area contributed by atoms with Crippen LogP contribution in [0, 0.1) is 6.92 Å². The van der Waals surface area contributed by atoms with Gasteiger partial charge in [-0.2, -0.15) is 0 Å². The van der Waals surface area contributed by atoms with Crippen LogP contribution in [0.2, 0.25) is 5.02 Å². The molecule has 1 atom stereocenters. The summed E-state index contributed by atoms with van der Waals surface area (Å²) < 4.78 is 0. The van der Waals surface area contributed by atoms with E-state index in [1.54, 1.807) is 0 Å². The molecule has 0 aliphatic carbocycles. The summed E-state index contributed by atoms with van der Waals surface area (Å²) in [5.41, 5.74) is 7.75. The number of nitrogens with zero attached hydrogens (tertiary/aromatic N) is 2. The van der Waals surface area contributed by atoms with Gasteiger partial charge in [-0.1, -0.05) is 29.3 Å². The van der Waals surface area contributed by atoms with E-state index in [-0.39, 0.29) is 0 Å². The molecule has 0 aromatic heterocycles. The summed E-state index contributed by atoms with van der Waals surface area (Å²) in [6.07, 6.45) is 3.34. The molecule has 4 heteroatoms. The Labute approximate surface area is 154 Å². The molecule has 0 unspecified atom stereocenters. The predicted octanol–water partition coefficient (Wildman–Crippen LogP) is 5.48. The van der Waals surface area contributed by atoms with Crippen molar-refractivity contribution in [3.8, 4) is 0 Å². The summed E-state index contributed by atoms with van der Waals surface area (Å²) in [6, 6.07) is 12.7. The Morgan fingerprint density at radius 3 is 2.76 bits per heavy atom. The molecule has 0 spiro atoms. The zero-order valence-electron chi connectivity index (χ0n) is 14.8. The van der Waals surface area contributed by atoms with Crippen molar-refractivity contribution in [1.29, 1.82) is 0 Å². The second-order valence-corrected chi connectivity index (χ2v) is 7.40. The molecule has 2 aliphatic heterocycles. The maximum absolute atomic E-state index is 6.22. The summed E-state index contributed by atoms with van der Waals surface area (Å²) in [5.74, 6) is 0. The first-order valence-corrected chi connectivity index (χ1v) is 9.06. The molecule has 3 nitrogen and oxygen atoms in total. The van der Waals surface area contributed by atoms with Crippen LogP contribution in [0.15, 0.2) is 53.0 Å². The fourth-order valence-electron chi connectivity index (χ4n) is 3.44. The highest BCUT2D eigenvalue weighted by molar-refractivity contribution is 6.31. The molecule has 0 saturated heterocycles. The zero-order chi connectivity index (χ0) is 17.6. The SMILES string of the molecule is Cc1ccc2c(c1)C(C1=C[C@H](C)N(C)CC1)=Nc1cc(Cl)ccc1N2. The average molecular weight is 352 g/mol. The smallest absolute Gasteiger partial charge is 0.0886 e. The summed E-state index contributed by atoms with van der Waals surface area (Å²) >= 11 is 6.22. The van der Waals surface area contributed by atoms with Gasteiger partial charge in [0.1, 0.15) is 0 Å². The normalized spacial score (nSPS) is 19.9. The van der Waals surface area contributed by atoms with E-state index >= 15 is 0 Å². The second kappa shape index (κ2) is 6.32. The highest BCUT2D eigenvalue weighted by atomic mass is 35.5. The molecular formula is C21H22ClN3. The number of halogens is 1. The standard InChI is InChI=1S/C21H22ClN3/c1-13-4-6-18-17(10-13)21(15-8-9-25(3)14(2)11-15)24-20-12-16(22)5-7-19(20)23-18/h4-7,10-12,14,23H,8-9H2,1-3H3/t14-/m0/s1. The first-order chi connectivity index (χ1) is 12.0. The maximum Gasteiger partial charge on any atom is 0.0886 e. The van der Waals surface area contributed by atoms with Gasteiger partial charge in [-0.25, -0.2) is 4.99 Å². The second-order valence-electron chi connectivity index (χ2n) is 6.96. The van der Waals surface area contributed by atoms with Gasteiger partial charge in [-0.15, -0.1) is 0 Å². The highest BCUT2D eigenvalue weighted by Crippen LogP contribution is 2.38. The monoisotopic (exact) mass is 351 g/mol. The van der Waals surface area contributed by atoms with Crippen LogP contribution in [0.25, 0.3) is 0 Å². The summed E-state index contributed by atoms with van der Waals surface area (Å²) in [7, 11) is 2.17. The molecule has 2 aromatic carbocycles. The Balaban J connectivity index is 1.93. The predicted molar refractivity (Wildman–Crippen MR) is 107 cm³/mol. The van der Waals surface area contributed by atoms with Crippen LogP contribution < -0.4 is 5.32 Å². The van der Waals surface area contributed by atoms with E-state index in [1.165, 1.54) is 11.1 Å². The minimum absolute atomic E-state index is 0.412. The molecule has 4 rings (SSSR count). The van der Waals surface area contributed by atoms with Crippen molar-refractivity contribution >= 4 is 34.4 Å². The van der Waals surface area contributed by atoms with Crippen molar-refractivity contribution in [2.45, 2.75) is 26.3 Å². The van der Waals surface area contributed by atoms with Crippen LogP contribution in [0.3, 0.4) is 0 Å². The van der Waals surface area contributed by atoms with Crippen molar-refractivity contribution in [2.75, 3.05) is 18.9 Å². The van der Waals surface area contributed by atoms with E-state index in [4.69, 9.17) is 16.6 Å². The number of hydrogen-bond donors (Lipinski definition) is 1. The molecule has 0 radical (unpaired) electrons. The third kappa shape index (κ3) is 3.10. The number of rotatable bonds is 1. The highest BCUT2D eigenvalue weighted by Gasteiger charge is 2.23. The number of hydrogen-bond acceptors (Lipinski definition) is 3. The molecule has 2 aromatic rings. The molecule has 0 bridgehead atoms. The largest absolute Gasteiger partial charge is 0.353 e. The molecule has 128 valence electrons. The Kier molecular flexibility index (Phi) is 4.14. The minimum atomic E-state index is 0.412. The lowest BCUT2D eigenvalue weighted by molar-refractivity contribution is 0.288. The van der Waals surface area contributed by atoms with Crippen molar-refractivity contribution in [3.63, 3.8) is 0 Å². The lowest BCUT2D eigenvalue weighted by atomic mass is 9.93. The molecule has 1 N–H and O–H groups in total. The number of fused-ring (bicyclic) bond motifs is 2. The van der Waals surface area contributed by atoms with Gasteiger partial charge in [-0.05, 0) is 63.2 Å². The van der Waals surface area contributed by atoms with Crippen molar-refractivity contribution < 1.29 is 0 Å². The van der Waals surface area contributed by atoms with Crippen LogP contribution >= 0.6 is 11.6 Å². The number of likely N-dealkylation sites (N-methyl/N-ethyl adjacent to an activating group) is 1. The fourth-order valence-corrected chi connectivity index (χ4v) is 3.60. The van der Waals surface area contributed by atoms with Crippen LogP contribution in [0.4, 0.5) is 17.1 Å². The third-order valence-electron chi connectivity index (χ3n) is 5.07. The molecule has 2 aliphatic rings. The molecular weight excluding hydrogens is 330 g/mol. The minimum Gasteiger partial charge on any atom is -0.353 e. The molecule has 0 fully saturated rings. The Hall–Kier alpha value is -2.10. The third-order valence-corrected chi connectivity index (χ3v) is 5.30. The van der Waals surface area contributed by atoms with Crippen LogP contribution in [0.1, 0.15) is 24.5 Å². The number of nitrogens with one attached hydrogen (secondary N) is 1. The summed E-state index contributed by atoms with van der Waals surface area (Å²) in [5, 5.41) is 4.24. The zero-order valence-corrected chi connectivity index (χ0v) is 15.6. The van der Waals surface area contributed by atoms with Crippen LogP contribution in [-0.2, 0) is 0 Å². The number of aryl methyl sites for hydroxylation is 1. The maximum atomic E-state index is 6.22. The number of anilines is 2. The van der Waals surface area contributed by atoms with Gasteiger partial charge in [0, 0.05) is 28.9 Å². The van der Waals surface area contributed by atoms with Gasteiger partial charge in [0.25, 0.3) is 0 Å². The van der Waals surface area contributed by atoms with Crippen LogP contribution in [-0.4, -0.2) is 30.2 Å². The molecule has 2 heterocycles. The Morgan fingerprint density at radius 2 is 1.96 bits per heavy atom. The van der Waals surface area contributed by atoms with Gasteiger partial charge in [0.2, 0.25) is 0 Å². The van der Waals surface area contributed by atoms with Crippen LogP contribution in [0.5, 0.6) is 0 Å². The van der Waals surface area contributed by atoms with Gasteiger partial charge in [0.05, 0.1) is 17.1 Å². The lowest BCUT2D eigenvalue weighted by Crippen LogP contribution is -2.33. The van der Waals surface area contributed by atoms with E-state index in [9.17, 15) is 0 Å². The summed E-state index contributed by atoms with van der Waals surface area (Å²) in [4.78, 5) is 7.41. The topological polar surface area (TPSA) is 27.6 Å². The van der Waals surface area contributed by atoms with Gasteiger partial charge in [-0.3, -0.25) is 4.90 Å². The van der Waals surface area contributed by atoms with Crippen molar-refractivity contribution in [3.05, 3.63) is 64.2 Å². The van der Waals surface area contributed by atoms with Gasteiger partial charge >= 0.3 is 0 Å². The van der Waals surface area contributed by atoms with Crippen molar-refractivity contribution in [1.82, 2.24) is 4.90 Å². The Bertz CT molecular complexity index is 898. The number of benzene rings is 2. The Morgan fingerprint density at radius 1 is 1.16 bits per heavy atom. The quantitative estimate of drug-likeness (QED) is 0.737. The fraction of sp³-hybridized carbons (Fsp3) is 0.286. The van der Waals surface area contributed by atoms with Crippen molar-refractivity contribution in [2.24, 2.45) is 4.99 Å². The van der Waals surface area contributed by atoms with Gasteiger partial charge in [0.15, 0.2) is 0 Å². The van der Waals surface area contributed by atoms with E-state index in [0.29, 0.717) is 11.1 Å². The molecule has 0 saturated carbocycles. The molecule has 0 amide bonds. The average Bonchev–Trinajstić information content (AvgIpc) is 2.74. The van der Waals surface area contributed by atoms with E-state index in [1.807, 2.05) is 18.2 Å². The molecule has 25 heavy (non-hydrogen) atoms. The van der Waals surface area contributed by atoms with E-state index in [0.717, 1.165) is 41.3 Å². The first-order valence-electron chi connectivity index (χ1n) is 8.69.